The van der Waals surface area contributed by atoms with Gasteiger partial charge in [0.25, 0.3) is 0 Å². The molecule has 81 heavy (non-hydrogen) atoms. The van der Waals surface area contributed by atoms with Crippen LogP contribution >= 0.6 is 0 Å². The molecule has 6 unspecified atom stereocenters. The maximum absolute atomic E-state index is 13.2. The van der Waals surface area contributed by atoms with Crippen molar-refractivity contribution < 1.29 is 58.2 Å². The summed E-state index contributed by atoms with van der Waals surface area (Å²) < 4.78 is 28.5. The van der Waals surface area contributed by atoms with Gasteiger partial charge in [-0.05, 0) is 83.5 Å². The first kappa shape index (κ1) is 75.2. The van der Waals surface area contributed by atoms with Crippen LogP contribution in [0, 0.1) is 0 Å². The molecule has 1 aliphatic heterocycles. The largest absolute Gasteiger partial charge is 0.479 e. The minimum atomic E-state index is -1.91. The van der Waals surface area contributed by atoms with Crippen molar-refractivity contribution in [2.24, 2.45) is 0 Å². The van der Waals surface area contributed by atoms with Crippen molar-refractivity contribution in [1.82, 2.24) is 0 Å². The summed E-state index contributed by atoms with van der Waals surface area (Å²) in [7, 11) is 0. The molecule has 1 rings (SSSR count). The number of unbranched alkanes of at least 4 members (excludes halogenated alkanes) is 30. The van der Waals surface area contributed by atoms with Crippen LogP contribution in [0.2, 0.25) is 0 Å². The number of hydrogen-bond acceptors (Lipinski definition) is 11. The molecule has 0 bridgehead atoms. The van der Waals surface area contributed by atoms with Gasteiger partial charge in [0.15, 0.2) is 24.6 Å². The van der Waals surface area contributed by atoms with Gasteiger partial charge >= 0.3 is 23.9 Å². The van der Waals surface area contributed by atoms with Crippen LogP contribution in [0.1, 0.15) is 290 Å². The van der Waals surface area contributed by atoms with Crippen LogP contribution < -0.4 is 0 Å². The van der Waals surface area contributed by atoms with Crippen molar-refractivity contribution in [2.45, 2.75) is 327 Å². The molecular formula is C69H118O12. The Labute approximate surface area is 493 Å². The van der Waals surface area contributed by atoms with Crippen LogP contribution in [0.3, 0.4) is 0 Å². The first-order valence-electron chi connectivity index (χ1n) is 32.9. The van der Waals surface area contributed by atoms with Gasteiger partial charge in [-0.3, -0.25) is 14.4 Å². The Balaban J connectivity index is 2.63. The average Bonchev–Trinajstić information content (AvgIpc) is 3.54. The normalized spacial score (nSPS) is 18.2. The molecule has 1 fully saturated rings. The van der Waals surface area contributed by atoms with E-state index in [-0.39, 0.29) is 25.9 Å². The summed E-state index contributed by atoms with van der Waals surface area (Å²) in [6.45, 7) is 5.84. The van der Waals surface area contributed by atoms with Gasteiger partial charge in [0.1, 0.15) is 18.8 Å². The summed E-state index contributed by atoms with van der Waals surface area (Å²) in [5.74, 6) is -3.14. The second-order valence-electron chi connectivity index (χ2n) is 22.4. The molecule has 1 saturated heterocycles. The van der Waals surface area contributed by atoms with Crippen LogP contribution in [0.4, 0.5) is 0 Å². The van der Waals surface area contributed by atoms with E-state index in [0.29, 0.717) is 19.3 Å². The number of ether oxygens (including phenoxy) is 5. The van der Waals surface area contributed by atoms with Crippen molar-refractivity contribution >= 4 is 23.9 Å². The number of carboxylic acids is 1. The number of carbonyl (C=O) groups excluding carboxylic acids is 3. The zero-order valence-electron chi connectivity index (χ0n) is 51.5. The summed E-state index contributed by atoms with van der Waals surface area (Å²) in [5, 5.41) is 31.6. The molecule has 466 valence electrons. The van der Waals surface area contributed by atoms with E-state index in [4.69, 9.17) is 23.7 Å². The molecule has 1 aliphatic rings. The summed E-state index contributed by atoms with van der Waals surface area (Å²) in [5.41, 5.74) is 0. The van der Waals surface area contributed by atoms with E-state index in [1.165, 1.54) is 96.3 Å². The average molecular weight is 1140 g/mol. The first-order valence-corrected chi connectivity index (χ1v) is 32.9. The van der Waals surface area contributed by atoms with Crippen LogP contribution in [-0.2, 0) is 42.9 Å². The Bertz CT molecular complexity index is 1680. The molecule has 0 saturated carbocycles. The van der Waals surface area contributed by atoms with Gasteiger partial charge in [0, 0.05) is 19.3 Å². The summed E-state index contributed by atoms with van der Waals surface area (Å²) in [6, 6.07) is 0. The van der Waals surface area contributed by atoms with E-state index < -0.39 is 67.3 Å². The lowest BCUT2D eigenvalue weighted by atomic mass is 9.98. The van der Waals surface area contributed by atoms with Crippen molar-refractivity contribution in [1.29, 1.82) is 0 Å². The molecule has 1 heterocycles. The number of carboxylic acid groups (broad SMARTS) is 1. The molecule has 0 aromatic carbocycles. The number of aliphatic hydroxyl groups excluding tert-OH is 2. The quantitative estimate of drug-likeness (QED) is 0.0228. The van der Waals surface area contributed by atoms with E-state index in [1.54, 1.807) is 0 Å². The molecule has 0 aromatic rings. The fraction of sp³-hybridized carbons (Fsp3) is 0.768. The van der Waals surface area contributed by atoms with Gasteiger partial charge in [-0.15, -0.1) is 0 Å². The van der Waals surface area contributed by atoms with Crippen molar-refractivity contribution in [3.63, 3.8) is 0 Å². The third kappa shape index (κ3) is 46.3. The molecule has 12 nitrogen and oxygen atoms in total. The molecule has 3 N–H and O–H groups in total. The van der Waals surface area contributed by atoms with Crippen molar-refractivity contribution in [3.8, 4) is 0 Å². The lowest BCUT2D eigenvalue weighted by Gasteiger charge is -2.40. The lowest BCUT2D eigenvalue weighted by molar-refractivity contribution is -0.301. The van der Waals surface area contributed by atoms with Gasteiger partial charge in [0.05, 0.1) is 6.61 Å². The highest BCUT2D eigenvalue weighted by atomic mass is 16.7. The number of allylic oxidation sites excluding steroid dienone is 12. The summed E-state index contributed by atoms with van der Waals surface area (Å²) >= 11 is 0. The van der Waals surface area contributed by atoms with Gasteiger partial charge in [-0.1, -0.05) is 261 Å². The van der Waals surface area contributed by atoms with Crippen molar-refractivity contribution in [2.75, 3.05) is 13.2 Å². The van der Waals surface area contributed by atoms with Crippen LogP contribution in [0.5, 0.6) is 0 Å². The van der Waals surface area contributed by atoms with E-state index in [9.17, 15) is 34.5 Å². The minimum Gasteiger partial charge on any atom is -0.479 e. The van der Waals surface area contributed by atoms with E-state index in [2.05, 4.69) is 93.7 Å². The smallest absolute Gasteiger partial charge is 0.335 e. The minimum absolute atomic E-state index is 0.0418. The van der Waals surface area contributed by atoms with Gasteiger partial charge < -0.3 is 39.0 Å². The predicted octanol–water partition coefficient (Wildman–Crippen LogP) is 17.7. The zero-order valence-corrected chi connectivity index (χ0v) is 51.5. The van der Waals surface area contributed by atoms with Crippen LogP contribution in [0.25, 0.3) is 0 Å². The monoisotopic (exact) mass is 1140 g/mol. The lowest BCUT2D eigenvalue weighted by Crippen LogP contribution is -2.61. The Kier molecular flexibility index (Phi) is 52.6. The predicted molar refractivity (Wildman–Crippen MR) is 331 cm³/mol. The third-order valence-electron chi connectivity index (χ3n) is 14.7. The van der Waals surface area contributed by atoms with Gasteiger partial charge in [-0.25, -0.2) is 4.79 Å². The SMILES string of the molecule is CC/C=C\C/C=C\C/C=C\C/C=C\CCCCCCCCC(=O)OC1C(OCC(COC(=O)CCCCCCCCCCCCCCCCCCCCC)OC(=O)CCCCCCC/C=C\C/C=C\CCC)OC(C(=O)O)C(O)C1O. The molecule has 0 amide bonds. The van der Waals surface area contributed by atoms with Crippen LogP contribution in [0.15, 0.2) is 72.9 Å². The highest BCUT2D eigenvalue weighted by Crippen LogP contribution is 2.27. The number of esters is 3. The standard InChI is InChI=1S/C69H118O12/c1-4-7-10-13-16-19-22-25-27-29-31-33-35-38-40-43-46-49-52-55-61(70)77-58-60(79-62(71)56-53-50-47-44-41-37-24-21-18-15-12-9-6-3)59-78-69-67(65(74)64(73)66(81-69)68(75)76)80-63(72)57-54-51-48-45-42-39-36-34-32-30-28-26-23-20-17-14-11-8-5-2/h8,11-12,15,17,20-21,24,26,28,32,34,60,64-67,69,73-74H,4-7,9-10,13-14,16,18-19,22-23,25,27,29-31,33,35-59H2,1-3H3,(H,75,76)/b11-8-,15-12-,20-17-,24-21-,28-26-,34-32-. The van der Waals surface area contributed by atoms with E-state index in [1.807, 2.05) is 0 Å². The maximum Gasteiger partial charge on any atom is 0.335 e. The molecule has 12 heteroatoms. The zero-order chi connectivity index (χ0) is 58.9. The Morgan fingerprint density at radius 1 is 0.420 bits per heavy atom. The Morgan fingerprint density at radius 3 is 1.23 bits per heavy atom. The molecular weight excluding hydrogens is 1020 g/mol. The molecule has 6 atom stereocenters. The summed E-state index contributed by atoms with van der Waals surface area (Å²) in [4.78, 5) is 51.3. The number of rotatable bonds is 56. The van der Waals surface area contributed by atoms with E-state index >= 15 is 0 Å². The summed E-state index contributed by atoms with van der Waals surface area (Å²) in [6.07, 6.45) is 60.0. The first-order chi connectivity index (χ1) is 39.6. The number of aliphatic carboxylic acids is 1. The maximum atomic E-state index is 13.2. The fourth-order valence-electron chi connectivity index (χ4n) is 9.75. The van der Waals surface area contributed by atoms with Gasteiger partial charge in [0.2, 0.25) is 0 Å². The topological polar surface area (TPSA) is 175 Å². The van der Waals surface area contributed by atoms with Crippen molar-refractivity contribution in [3.05, 3.63) is 72.9 Å². The number of hydrogen-bond donors (Lipinski definition) is 3. The molecule has 0 radical (unpaired) electrons. The molecule has 0 spiro atoms. The Hall–Kier alpha value is -3.84. The highest BCUT2D eigenvalue weighted by Gasteiger charge is 2.50. The number of aliphatic hydroxyl groups is 2. The second-order valence-corrected chi connectivity index (χ2v) is 22.4. The van der Waals surface area contributed by atoms with E-state index in [0.717, 1.165) is 135 Å². The molecule has 0 aromatic heterocycles. The number of carbonyl (C=O) groups is 4. The van der Waals surface area contributed by atoms with Crippen LogP contribution in [-0.4, -0.2) is 89.2 Å². The highest BCUT2D eigenvalue weighted by molar-refractivity contribution is 5.74. The molecule has 0 aliphatic carbocycles. The van der Waals surface area contributed by atoms with Gasteiger partial charge in [-0.2, -0.15) is 0 Å². The third-order valence-corrected chi connectivity index (χ3v) is 14.7. The fourth-order valence-corrected chi connectivity index (χ4v) is 9.75. The Morgan fingerprint density at radius 2 is 0.802 bits per heavy atom. The second kappa shape index (κ2) is 56.6.